The quantitative estimate of drug-likeness (QED) is 0.790. The van der Waals surface area contributed by atoms with E-state index in [4.69, 9.17) is 0 Å². The summed E-state index contributed by atoms with van der Waals surface area (Å²) >= 11 is 3.27. The lowest BCUT2D eigenvalue weighted by Crippen LogP contribution is -2.55. The minimum atomic E-state index is -0.499. The zero-order valence-electron chi connectivity index (χ0n) is 11.4. The summed E-state index contributed by atoms with van der Waals surface area (Å²) in [6.07, 6.45) is 0. The fourth-order valence-electron chi connectivity index (χ4n) is 2.19. The van der Waals surface area contributed by atoms with Crippen LogP contribution in [0.5, 0.6) is 0 Å². The van der Waals surface area contributed by atoms with Crippen LogP contribution in [0.15, 0.2) is 22.7 Å². The molecule has 0 bridgehead atoms. The van der Waals surface area contributed by atoms with Gasteiger partial charge in [-0.3, -0.25) is 9.59 Å². The molecule has 0 atom stereocenters. The molecule has 4 nitrogen and oxygen atoms in total. The van der Waals surface area contributed by atoms with Crippen molar-refractivity contribution in [3.8, 4) is 0 Å². The molecular formula is C14H16BrFN2O2. The first-order chi connectivity index (χ1) is 9.40. The van der Waals surface area contributed by atoms with Crippen LogP contribution in [0.1, 0.15) is 19.4 Å². The van der Waals surface area contributed by atoms with Crippen LogP contribution in [0, 0.1) is 5.82 Å². The fraction of sp³-hybridized carbons (Fsp3) is 0.429. The summed E-state index contributed by atoms with van der Waals surface area (Å²) in [5, 5.41) is 0. The maximum atomic E-state index is 13.0. The molecule has 1 fully saturated rings. The first kappa shape index (κ1) is 15.0. The highest BCUT2D eigenvalue weighted by molar-refractivity contribution is 9.10. The van der Waals surface area contributed by atoms with E-state index in [2.05, 4.69) is 15.9 Å². The van der Waals surface area contributed by atoms with Crippen molar-refractivity contribution in [3.05, 3.63) is 34.1 Å². The zero-order valence-corrected chi connectivity index (χ0v) is 13.0. The average Bonchev–Trinajstić information content (AvgIpc) is 2.37. The third kappa shape index (κ3) is 3.00. The van der Waals surface area contributed by atoms with Crippen molar-refractivity contribution in [3.63, 3.8) is 0 Å². The molecule has 6 heteroatoms. The molecule has 1 aromatic carbocycles. The minimum Gasteiger partial charge on any atom is -0.330 e. The van der Waals surface area contributed by atoms with Gasteiger partial charge in [-0.2, -0.15) is 0 Å². The standard InChI is InChI=1S/C14H16BrFN2O2/c1-9(2)18-6-5-17(13(19)14(18)20)8-10-3-4-11(16)7-12(10)15/h3-4,7,9H,5-6,8H2,1-2H3. The SMILES string of the molecule is CC(C)N1CCN(Cc2ccc(F)cc2Br)C(=O)C1=O. The number of hydrogen-bond donors (Lipinski definition) is 0. The van der Waals surface area contributed by atoms with Crippen LogP contribution < -0.4 is 0 Å². The number of rotatable bonds is 3. The van der Waals surface area contributed by atoms with Crippen molar-refractivity contribution in [2.75, 3.05) is 13.1 Å². The van der Waals surface area contributed by atoms with Crippen molar-refractivity contribution in [2.24, 2.45) is 0 Å². The second-order valence-corrected chi connectivity index (χ2v) is 5.91. The van der Waals surface area contributed by atoms with Crippen molar-refractivity contribution in [2.45, 2.75) is 26.4 Å². The third-order valence-electron chi connectivity index (χ3n) is 3.34. The van der Waals surface area contributed by atoms with Crippen molar-refractivity contribution < 1.29 is 14.0 Å². The molecular weight excluding hydrogens is 327 g/mol. The molecule has 108 valence electrons. The summed E-state index contributed by atoms with van der Waals surface area (Å²) < 4.78 is 13.6. The number of halogens is 2. The molecule has 20 heavy (non-hydrogen) atoms. The highest BCUT2D eigenvalue weighted by Gasteiger charge is 2.33. The predicted molar refractivity (Wildman–Crippen MR) is 76.4 cm³/mol. The Hall–Kier alpha value is -1.43. The maximum Gasteiger partial charge on any atom is 0.312 e. The van der Waals surface area contributed by atoms with E-state index in [1.165, 1.54) is 17.0 Å². The van der Waals surface area contributed by atoms with E-state index < -0.39 is 11.8 Å². The highest BCUT2D eigenvalue weighted by Crippen LogP contribution is 2.21. The second kappa shape index (κ2) is 5.91. The van der Waals surface area contributed by atoms with Gasteiger partial charge >= 0.3 is 11.8 Å². The van der Waals surface area contributed by atoms with E-state index in [0.29, 0.717) is 24.1 Å². The molecule has 0 spiro atoms. The number of carbonyl (C=O) groups is 2. The molecule has 1 aromatic rings. The molecule has 0 unspecified atom stereocenters. The number of hydrogen-bond acceptors (Lipinski definition) is 2. The van der Waals surface area contributed by atoms with Crippen LogP contribution in [0.2, 0.25) is 0 Å². The fourth-order valence-corrected chi connectivity index (χ4v) is 2.66. The third-order valence-corrected chi connectivity index (χ3v) is 4.08. The van der Waals surface area contributed by atoms with Gasteiger partial charge in [0, 0.05) is 30.1 Å². The molecule has 1 heterocycles. The van der Waals surface area contributed by atoms with Crippen LogP contribution in [0.4, 0.5) is 4.39 Å². The van der Waals surface area contributed by atoms with Gasteiger partial charge < -0.3 is 9.80 Å². The summed E-state index contributed by atoms with van der Waals surface area (Å²) in [5.74, 6) is -1.31. The topological polar surface area (TPSA) is 40.6 Å². The summed E-state index contributed by atoms with van der Waals surface area (Å²) in [6.45, 7) is 5.10. The van der Waals surface area contributed by atoms with Gasteiger partial charge in [-0.1, -0.05) is 22.0 Å². The molecule has 0 saturated carbocycles. The summed E-state index contributed by atoms with van der Waals surface area (Å²) in [5.41, 5.74) is 0.783. The minimum absolute atomic E-state index is 0.0196. The highest BCUT2D eigenvalue weighted by atomic mass is 79.9. The van der Waals surface area contributed by atoms with E-state index in [-0.39, 0.29) is 11.9 Å². The van der Waals surface area contributed by atoms with Crippen molar-refractivity contribution in [1.29, 1.82) is 0 Å². The lowest BCUT2D eigenvalue weighted by atomic mass is 10.1. The van der Waals surface area contributed by atoms with Gasteiger partial charge in [0.05, 0.1) is 0 Å². The molecule has 1 saturated heterocycles. The molecule has 2 amide bonds. The Kier molecular flexibility index (Phi) is 4.42. The molecule has 0 aromatic heterocycles. The zero-order chi connectivity index (χ0) is 14.9. The molecule has 1 aliphatic heterocycles. The number of nitrogens with zero attached hydrogens (tertiary/aromatic N) is 2. The molecule has 0 N–H and O–H groups in total. The van der Waals surface area contributed by atoms with Crippen LogP contribution in [0.25, 0.3) is 0 Å². The van der Waals surface area contributed by atoms with Gasteiger partial charge in [-0.25, -0.2) is 4.39 Å². The van der Waals surface area contributed by atoms with Gasteiger partial charge in [-0.15, -0.1) is 0 Å². The Balaban J connectivity index is 2.11. The largest absolute Gasteiger partial charge is 0.330 e. The van der Waals surface area contributed by atoms with Gasteiger partial charge in [0.1, 0.15) is 5.82 Å². The van der Waals surface area contributed by atoms with Gasteiger partial charge in [0.15, 0.2) is 0 Å². The normalized spacial score (nSPS) is 16.2. The monoisotopic (exact) mass is 342 g/mol. The number of amides is 2. The Morgan fingerprint density at radius 2 is 1.95 bits per heavy atom. The smallest absolute Gasteiger partial charge is 0.312 e. The van der Waals surface area contributed by atoms with Crippen LogP contribution in [-0.4, -0.2) is 40.7 Å². The Labute approximate surface area is 125 Å². The Morgan fingerprint density at radius 1 is 1.25 bits per heavy atom. The number of carbonyl (C=O) groups excluding carboxylic acids is 2. The van der Waals surface area contributed by atoms with Crippen LogP contribution in [0.3, 0.4) is 0 Å². The number of piperazine rings is 1. The Morgan fingerprint density at radius 3 is 2.55 bits per heavy atom. The van der Waals surface area contributed by atoms with Gasteiger partial charge in [0.2, 0.25) is 0 Å². The van der Waals surface area contributed by atoms with E-state index >= 15 is 0 Å². The number of benzene rings is 1. The van der Waals surface area contributed by atoms with Crippen molar-refractivity contribution >= 4 is 27.7 Å². The molecule has 0 radical (unpaired) electrons. The van der Waals surface area contributed by atoms with Crippen molar-refractivity contribution in [1.82, 2.24) is 9.80 Å². The summed E-state index contributed by atoms with van der Waals surface area (Å²) in [7, 11) is 0. The second-order valence-electron chi connectivity index (χ2n) is 5.05. The van der Waals surface area contributed by atoms with E-state index in [9.17, 15) is 14.0 Å². The Bertz CT molecular complexity index is 548. The first-order valence-corrected chi connectivity index (χ1v) is 7.23. The van der Waals surface area contributed by atoms with E-state index in [1.54, 1.807) is 11.0 Å². The molecule has 1 aliphatic rings. The average molecular weight is 343 g/mol. The summed E-state index contributed by atoms with van der Waals surface area (Å²) in [4.78, 5) is 27.1. The van der Waals surface area contributed by atoms with Crippen LogP contribution in [-0.2, 0) is 16.1 Å². The van der Waals surface area contributed by atoms with E-state index in [0.717, 1.165) is 5.56 Å². The lowest BCUT2D eigenvalue weighted by Gasteiger charge is -2.36. The van der Waals surface area contributed by atoms with Crippen LogP contribution >= 0.6 is 15.9 Å². The predicted octanol–water partition coefficient (Wildman–Crippen LogP) is 2.17. The maximum absolute atomic E-state index is 13.0. The van der Waals surface area contributed by atoms with Gasteiger partial charge in [-0.05, 0) is 31.5 Å². The summed E-state index contributed by atoms with van der Waals surface area (Å²) in [6, 6.07) is 4.33. The van der Waals surface area contributed by atoms with E-state index in [1.807, 2.05) is 13.8 Å². The molecule has 2 rings (SSSR count). The first-order valence-electron chi connectivity index (χ1n) is 6.44. The lowest BCUT2D eigenvalue weighted by molar-refractivity contribution is -0.157. The molecule has 0 aliphatic carbocycles. The van der Waals surface area contributed by atoms with Gasteiger partial charge in [0.25, 0.3) is 0 Å².